The van der Waals surface area contributed by atoms with Crippen LogP contribution in [0.25, 0.3) is 0 Å². The lowest BCUT2D eigenvalue weighted by molar-refractivity contribution is 0.197. The fraction of sp³-hybridized carbons (Fsp3) is 1.00. The fourth-order valence-corrected chi connectivity index (χ4v) is 3.00. The smallest absolute Gasteiger partial charge is 0.152 e. The van der Waals surface area contributed by atoms with Gasteiger partial charge in [0, 0.05) is 20.2 Å². The van der Waals surface area contributed by atoms with Crippen LogP contribution in [0, 0.1) is 5.41 Å². The molecule has 1 aliphatic rings. The Morgan fingerprint density at radius 2 is 2.00 bits per heavy atom. The van der Waals surface area contributed by atoms with E-state index in [4.69, 9.17) is 4.74 Å². The van der Waals surface area contributed by atoms with Crippen LogP contribution < -0.4 is 5.32 Å². The molecule has 0 spiro atoms. The third kappa shape index (κ3) is 4.94. The van der Waals surface area contributed by atoms with E-state index in [-0.39, 0.29) is 10.7 Å². The van der Waals surface area contributed by atoms with Gasteiger partial charge in [-0.15, -0.1) is 0 Å². The van der Waals surface area contributed by atoms with Crippen molar-refractivity contribution in [3.8, 4) is 0 Å². The first-order valence-corrected chi connectivity index (χ1v) is 8.05. The summed E-state index contributed by atoms with van der Waals surface area (Å²) in [6.45, 7) is 5.98. The lowest BCUT2D eigenvalue weighted by Gasteiger charge is -2.17. The van der Waals surface area contributed by atoms with E-state index in [0.717, 1.165) is 32.4 Å². The molecule has 1 aliphatic carbocycles. The van der Waals surface area contributed by atoms with Crippen molar-refractivity contribution in [2.75, 3.05) is 32.6 Å². The summed E-state index contributed by atoms with van der Waals surface area (Å²) in [6.07, 6.45) is 3.11. The monoisotopic (exact) mass is 263 g/mol. The quantitative estimate of drug-likeness (QED) is 0.635. The molecule has 5 heteroatoms. The lowest BCUT2D eigenvalue weighted by Crippen LogP contribution is -2.29. The van der Waals surface area contributed by atoms with Crippen molar-refractivity contribution in [2.24, 2.45) is 5.41 Å². The third-order valence-electron chi connectivity index (χ3n) is 3.58. The lowest BCUT2D eigenvalue weighted by atomic mass is 10.0. The van der Waals surface area contributed by atoms with Crippen molar-refractivity contribution in [3.63, 3.8) is 0 Å². The van der Waals surface area contributed by atoms with Crippen LogP contribution >= 0.6 is 0 Å². The zero-order chi connectivity index (χ0) is 12.9. The molecule has 0 saturated heterocycles. The summed E-state index contributed by atoms with van der Waals surface area (Å²) >= 11 is 0. The summed E-state index contributed by atoms with van der Waals surface area (Å²) < 4.78 is 28.4. The Bertz CT molecular complexity index is 321. The van der Waals surface area contributed by atoms with Gasteiger partial charge < -0.3 is 10.1 Å². The van der Waals surface area contributed by atoms with Gasteiger partial charge in [0.1, 0.15) is 0 Å². The molecular weight excluding hydrogens is 238 g/mol. The number of rotatable bonds is 9. The molecule has 1 N–H and O–H groups in total. The van der Waals surface area contributed by atoms with E-state index < -0.39 is 9.84 Å². The Labute approximate surface area is 105 Å². The largest absolute Gasteiger partial charge is 0.383 e. The molecule has 0 aromatic rings. The first-order valence-electron chi connectivity index (χ1n) is 6.33. The Morgan fingerprint density at radius 1 is 1.35 bits per heavy atom. The van der Waals surface area contributed by atoms with Crippen molar-refractivity contribution in [1.29, 1.82) is 0 Å². The third-order valence-corrected chi connectivity index (χ3v) is 5.78. The number of ether oxygens (including phenoxy) is 1. The van der Waals surface area contributed by atoms with Gasteiger partial charge in [-0.3, -0.25) is 0 Å². The number of hydrogen-bond donors (Lipinski definition) is 1. The van der Waals surface area contributed by atoms with Gasteiger partial charge in [0.25, 0.3) is 0 Å². The van der Waals surface area contributed by atoms with Crippen molar-refractivity contribution in [2.45, 2.75) is 38.4 Å². The minimum absolute atomic E-state index is 0.246. The van der Waals surface area contributed by atoms with Crippen LogP contribution in [0.3, 0.4) is 0 Å². The van der Waals surface area contributed by atoms with E-state index in [9.17, 15) is 8.42 Å². The van der Waals surface area contributed by atoms with Gasteiger partial charge in [-0.2, -0.15) is 0 Å². The normalized spacial score (nSPS) is 18.6. The molecule has 0 heterocycles. The van der Waals surface area contributed by atoms with E-state index in [1.807, 2.05) is 0 Å². The van der Waals surface area contributed by atoms with Crippen LogP contribution in [-0.4, -0.2) is 46.2 Å². The minimum Gasteiger partial charge on any atom is -0.383 e. The first kappa shape index (κ1) is 14.9. The average molecular weight is 263 g/mol. The molecule has 0 amide bonds. The van der Waals surface area contributed by atoms with Crippen LogP contribution in [0.4, 0.5) is 0 Å². The Morgan fingerprint density at radius 3 is 2.47 bits per heavy atom. The fourth-order valence-electron chi connectivity index (χ4n) is 1.81. The molecule has 0 unspecified atom stereocenters. The zero-order valence-corrected chi connectivity index (χ0v) is 12.0. The maximum atomic E-state index is 11.7. The highest BCUT2D eigenvalue weighted by molar-refractivity contribution is 7.91. The maximum absolute atomic E-state index is 11.7. The SMILES string of the molecule is COCCNCC1(CCS(=O)(=O)C(C)C)CC1. The number of sulfone groups is 1. The van der Waals surface area contributed by atoms with Gasteiger partial charge in [0.15, 0.2) is 9.84 Å². The molecule has 102 valence electrons. The Kier molecular flexibility index (Phi) is 5.41. The summed E-state index contributed by atoms with van der Waals surface area (Å²) in [5.74, 6) is 0.330. The van der Waals surface area contributed by atoms with Gasteiger partial charge in [0.2, 0.25) is 0 Å². The molecule has 0 bridgehead atoms. The van der Waals surface area contributed by atoms with Gasteiger partial charge in [-0.05, 0) is 38.5 Å². The highest BCUT2D eigenvalue weighted by Gasteiger charge is 2.42. The number of hydrogen-bond acceptors (Lipinski definition) is 4. The summed E-state index contributed by atoms with van der Waals surface area (Å²) in [7, 11) is -1.19. The van der Waals surface area contributed by atoms with Crippen molar-refractivity contribution < 1.29 is 13.2 Å². The van der Waals surface area contributed by atoms with Gasteiger partial charge >= 0.3 is 0 Å². The van der Waals surface area contributed by atoms with E-state index in [1.54, 1.807) is 21.0 Å². The molecule has 4 nitrogen and oxygen atoms in total. The highest BCUT2D eigenvalue weighted by Crippen LogP contribution is 2.48. The highest BCUT2D eigenvalue weighted by atomic mass is 32.2. The van der Waals surface area contributed by atoms with Crippen LogP contribution in [0.5, 0.6) is 0 Å². The van der Waals surface area contributed by atoms with Gasteiger partial charge in [-0.1, -0.05) is 0 Å². The predicted octanol–water partition coefficient (Wildman–Crippen LogP) is 1.22. The average Bonchev–Trinajstić information content (AvgIpc) is 3.03. The van der Waals surface area contributed by atoms with E-state index in [0.29, 0.717) is 12.4 Å². The number of methoxy groups -OCH3 is 1. The summed E-state index contributed by atoms with van der Waals surface area (Å²) in [5.41, 5.74) is 0.246. The zero-order valence-electron chi connectivity index (χ0n) is 11.2. The Hall–Kier alpha value is -0.130. The van der Waals surface area contributed by atoms with Crippen molar-refractivity contribution in [3.05, 3.63) is 0 Å². The van der Waals surface area contributed by atoms with Crippen LogP contribution in [0.1, 0.15) is 33.1 Å². The molecule has 0 aromatic carbocycles. The van der Waals surface area contributed by atoms with Crippen molar-refractivity contribution in [1.82, 2.24) is 5.32 Å². The van der Waals surface area contributed by atoms with Crippen LogP contribution in [0.2, 0.25) is 0 Å². The standard InChI is InChI=1S/C12H25NO3S/c1-11(2)17(14,15)9-6-12(4-5-12)10-13-7-8-16-3/h11,13H,4-10H2,1-3H3. The van der Waals surface area contributed by atoms with E-state index >= 15 is 0 Å². The topological polar surface area (TPSA) is 55.4 Å². The second-order valence-electron chi connectivity index (χ2n) is 5.34. The molecule has 0 atom stereocenters. The summed E-state index contributed by atoms with van der Waals surface area (Å²) in [6, 6.07) is 0. The molecule has 1 rings (SSSR count). The summed E-state index contributed by atoms with van der Waals surface area (Å²) in [5, 5.41) is 3.08. The van der Waals surface area contributed by atoms with Crippen LogP contribution in [0.15, 0.2) is 0 Å². The molecule has 1 fully saturated rings. The van der Waals surface area contributed by atoms with E-state index in [1.165, 1.54) is 0 Å². The molecule has 0 radical (unpaired) electrons. The van der Waals surface area contributed by atoms with Crippen molar-refractivity contribution >= 4 is 9.84 Å². The van der Waals surface area contributed by atoms with Gasteiger partial charge in [-0.25, -0.2) is 8.42 Å². The van der Waals surface area contributed by atoms with E-state index in [2.05, 4.69) is 5.32 Å². The minimum atomic E-state index is -2.88. The Balaban J connectivity index is 2.26. The van der Waals surface area contributed by atoms with Crippen LogP contribution in [-0.2, 0) is 14.6 Å². The molecule has 17 heavy (non-hydrogen) atoms. The maximum Gasteiger partial charge on any atom is 0.152 e. The summed E-state index contributed by atoms with van der Waals surface area (Å²) in [4.78, 5) is 0. The molecule has 1 saturated carbocycles. The number of nitrogens with one attached hydrogen (secondary N) is 1. The second kappa shape index (κ2) is 6.16. The predicted molar refractivity (Wildman–Crippen MR) is 70.0 cm³/mol. The second-order valence-corrected chi connectivity index (χ2v) is 8.01. The molecule has 0 aliphatic heterocycles. The van der Waals surface area contributed by atoms with Gasteiger partial charge in [0.05, 0.1) is 17.6 Å². The molecular formula is C12H25NO3S. The first-order chi connectivity index (χ1) is 7.92. The molecule has 0 aromatic heterocycles.